The van der Waals surface area contributed by atoms with Gasteiger partial charge in [-0.1, -0.05) is 61.5 Å². The maximum Gasteiger partial charge on any atom is 0.217 e. The van der Waals surface area contributed by atoms with E-state index in [0.717, 1.165) is 28.6 Å². The number of hydrogen-bond donors (Lipinski definition) is 1. The van der Waals surface area contributed by atoms with Gasteiger partial charge in [0, 0.05) is 23.9 Å². The first-order chi connectivity index (χ1) is 11.7. The van der Waals surface area contributed by atoms with Crippen molar-refractivity contribution in [2.75, 3.05) is 0 Å². The average Bonchev–Trinajstić information content (AvgIpc) is 2.62. The Labute approximate surface area is 142 Å². The molecule has 0 aliphatic carbocycles. The van der Waals surface area contributed by atoms with Gasteiger partial charge in [0.1, 0.15) is 0 Å². The molecule has 0 spiro atoms. The molecule has 0 saturated heterocycles. The first-order valence-electron chi connectivity index (χ1n) is 8.36. The summed E-state index contributed by atoms with van der Waals surface area (Å²) >= 11 is 0. The minimum absolute atomic E-state index is 0.0249. The number of nitrogens with zero attached hydrogens (tertiary/aromatic N) is 1. The summed E-state index contributed by atoms with van der Waals surface area (Å²) in [5.74, 6) is 0.101. The van der Waals surface area contributed by atoms with E-state index in [1.807, 2.05) is 36.4 Å². The molecule has 2 unspecified atom stereocenters. The van der Waals surface area contributed by atoms with Gasteiger partial charge in [-0.2, -0.15) is 0 Å². The van der Waals surface area contributed by atoms with Gasteiger partial charge < -0.3 is 5.32 Å². The Balaban J connectivity index is 2.03. The fourth-order valence-corrected chi connectivity index (χ4v) is 3.20. The van der Waals surface area contributed by atoms with Crippen molar-refractivity contribution in [1.82, 2.24) is 10.3 Å². The molecule has 2 atom stereocenters. The van der Waals surface area contributed by atoms with E-state index in [-0.39, 0.29) is 17.9 Å². The minimum atomic E-state index is -0.0811. The smallest absolute Gasteiger partial charge is 0.217 e. The van der Waals surface area contributed by atoms with Gasteiger partial charge in [0.15, 0.2) is 0 Å². The number of rotatable bonds is 5. The van der Waals surface area contributed by atoms with Gasteiger partial charge in [-0.15, -0.1) is 0 Å². The lowest BCUT2D eigenvalue weighted by atomic mass is 9.87. The molecule has 1 N–H and O–H groups in total. The number of nitrogens with one attached hydrogen (secondary N) is 1. The van der Waals surface area contributed by atoms with E-state index in [4.69, 9.17) is 4.98 Å². The van der Waals surface area contributed by atoms with E-state index in [2.05, 4.69) is 42.6 Å². The van der Waals surface area contributed by atoms with Crippen molar-refractivity contribution < 1.29 is 4.79 Å². The van der Waals surface area contributed by atoms with Crippen LogP contribution < -0.4 is 5.32 Å². The van der Waals surface area contributed by atoms with Gasteiger partial charge in [-0.05, 0) is 24.1 Å². The average molecular weight is 318 g/mol. The number of amides is 1. The molecule has 0 fully saturated rings. The molecule has 3 aromatic rings. The normalized spacial score (nSPS) is 13.4. The van der Waals surface area contributed by atoms with E-state index in [0.29, 0.717) is 0 Å². The Morgan fingerprint density at radius 1 is 1.00 bits per heavy atom. The first-order valence-corrected chi connectivity index (χ1v) is 8.36. The highest BCUT2D eigenvalue weighted by atomic mass is 16.1. The summed E-state index contributed by atoms with van der Waals surface area (Å²) in [6.45, 7) is 3.70. The summed E-state index contributed by atoms with van der Waals surface area (Å²) in [6.07, 6.45) is 0.894. The monoisotopic (exact) mass is 318 g/mol. The van der Waals surface area contributed by atoms with Crippen molar-refractivity contribution in [3.63, 3.8) is 0 Å². The standard InChI is InChI=1S/C21H22N2O/c1-3-18(20-14-13-16-9-7-8-12-19(16)23-20)21(22-15(2)24)17-10-5-4-6-11-17/h4-14,18,21H,3H2,1-2H3,(H,22,24). The van der Waals surface area contributed by atoms with Crippen LogP contribution in [-0.4, -0.2) is 10.9 Å². The molecule has 0 aliphatic rings. The number of para-hydroxylation sites is 1. The van der Waals surface area contributed by atoms with Crippen LogP contribution in [0.1, 0.15) is 43.5 Å². The molecule has 24 heavy (non-hydrogen) atoms. The van der Waals surface area contributed by atoms with Crippen LogP contribution >= 0.6 is 0 Å². The second kappa shape index (κ2) is 7.26. The van der Waals surface area contributed by atoms with E-state index in [1.165, 1.54) is 0 Å². The summed E-state index contributed by atoms with van der Waals surface area (Å²) in [5.41, 5.74) is 3.11. The molecule has 1 aromatic heterocycles. The Morgan fingerprint density at radius 3 is 2.42 bits per heavy atom. The second-order valence-electron chi connectivity index (χ2n) is 6.03. The summed E-state index contributed by atoms with van der Waals surface area (Å²) in [6, 6.07) is 22.3. The van der Waals surface area contributed by atoms with Crippen LogP contribution in [0.15, 0.2) is 66.7 Å². The van der Waals surface area contributed by atoms with Crippen LogP contribution in [0.4, 0.5) is 0 Å². The maximum atomic E-state index is 11.8. The number of hydrogen-bond acceptors (Lipinski definition) is 2. The van der Waals surface area contributed by atoms with Crippen molar-refractivity contribution in [2.24, 2.45) is 0 Å². The molecular formula is C21H22N2O. The summed E-state index contributed by atoms with van der Waals surface area (Å²) in [7, 11) is 0. The van der Waals surface area contributed by atoms with Gasteiger partial charge in [0.2, 0.25) is 5.91 Å². The highest BCUT2D eigenvalue weighted by Crippen LogP contribution is 2.33. The molecular weight excluding hydrogens is 296 g/mol. The summed E-state index contributed by atoms with van der Waals surface area (Å²) in [5, 5.41) is 4.25. The zero-order valence-corrected chi connectivity index (χ0v) is 14.1. The molecule has 3 heteroatoms. The number of fused-ring (bicyclic) bond motifs is 1. The zero-order valence-electron chi connectivity index (χ0n) is 14.1. The number of benzene rings is 2. The van der Waals surface area contributed by atoms with Crippen molar-refractivity contribution in [3.8, 4) is 0 Å². The van der Waals surface area contributed by atoms with Gasteiger partial charge >= 0.3 is 0 Å². The van der Waals surface area contributed by atoms with Crippen LogP contribution in [0.25, 0.3) is 10.9 Å². The van der Waals surface area contributed by atoms with Gasteiger partial charge in [-0.3, -0.25) is 9.78 Å². The Bertz CT molecular complexity index is 829. The molecule has 0 radical (unpaired) electrons. The fraction of sp³-hybridized carbons (Fsp3) is 0.238. The van der Waals surface area contributed by atoms with Crippen LogP contribution in [0.5, 0.6) is 0 Å². The van der Waals surface area contributed by atoms with Crippen LogP contribution in [0.3, 0.4) is 0 Å². The molecule has 0 saturated carbocycles. The largest absolute Gasteiger partial charge is 0.349 e. The Morgan fingerprint density at radius 2 is 1.71 bits per heavy atom. The molecule has 122 valence electrons. The number of carbonyl (C=O) groups is 1. The quantitative estimate of drug-likeness (QED) is 0.746. The lowest BCUT2D eigenvalue weighted by Gasteiger charge is -2.27. The van der Waals surface area contributed by atoms with Crippen LogP contribution in [0.2, 0.25) is 0 Å². The van der Waals surface area contributed by atoms with Crippen molar-refractivity contribution in [3.05, 3.63) is 78.0 Å². The van der Waals surface area contributed by atoms with Crippen LogP contribution in [-0.2, 0) is 4.79 Å². The van der Waals surface area contributed by atoms with Gasteiger partial charge in [0.05, 0.1) is 11.6 Å². The molecule has 2 aromatic carbocycles. The van der Waals surface area contributed by atoms with Crippen molar-refractivity contribution >= 4 is 16.8 Å². The first kappa shape index (κ1) is 16.2. The van der Waals surface area contributed by atoms with Gasteiger partial charge in [0.25, 0.3) is 0 Å². The number of carbonyl (C=O) groups excluding carboxylic acids is 1. The predicted molar refractivity (Wildman–Crippen MR) is 97.8 cm³/mol. The Hall–Kier alpha value is -2.68. The second-order valence-corrected chi connectivity index (χ2v) is 6.03. The third kappa shape index (κ3) is 3.46. The third-order valence-corrected chi connectivity index (χ3v) is 4.36. The lowest BCUT2D eigenvalue weighted by Crippen LogP contribution is -2.31. The van der Waals surface area contributed by atoms with Crippen LogP contribution in [0, 0.1) is 0 Å². The molecule has 1 heterocycles. The minimum Gasteiger partial charge on any atom is -0.349 e. The van der Waals surface area contributed by atoms with Crippen molar-refractivity contribution in [1.29, 1.82) is 0 Å². The molecule has 0 aliphatic heterocycles. The SMILES string of the molecule is CCC(c1ccc2ccccc2n1)C(NC(C)=O)c1ccccc1. The van der Waals surface area contributed by atoms with E-state index in [9.17, 15) is 4.79 Å². The summed E-state index contributed by atoms with van der Waals surface area (Å²) in [4.78, 5) is 16.6. The predicted octanol–water partition coefficient (Wildman–Crippen LogP) is 4.61. The van der Waals surface area contributed by atoms with E-state index >= 15 is 0 Å². The topological polar surface area (TPSA) is 42.0 Å². The van der Waals surface area contributed by atoms with Crippen molar-refractivity contribution in [2.45, 2.75) is 32.2 Å². The molecule has 0 bridgehead atoms. The highest BCUT2D eigenvalue weighted by Gasteiger charge is 2.25. The number of aromatic nitrogens is 1. The zero-order chi connectivity index (χ0) is 16.9. The molecule has 3 nitrogen and oxygen atoms in total. The highest BCUT2D eigenvalue weighted by molar-refractivity contribution is 5.78. The third-order valence-electron chi connectivity index (χ3n) is 4.36. The van der Waals surface area contributed by atoms with Gasteiger partial charge in [-0.25, -0.2) is 0 Å². The number of pyridine rings is 1. The van der Waals surface area contributed by atoms with E-state index < -0.39 is 0 Å². The molecule has 1 amide bonds. The lowest BCUT2D eigenvalue weighted by molar-refractivity contribution is -0.119. The van der Waals surface area contributed by atoms with E-state index in [1.54, 1.807) is 6.92 Å². The Kier molecular flexibility index (Phi) is 4.90. The molecule has 3 rings (SSSR count). The maximum absolute atomic E-state index is 11.8. The fourth-order valence-electron chi connectivity index (χ4n) is 3.20. The summed E-state index contributed by atoms with van der Waals surface area (Å²) < 4.78 is 0.